The molecule has 0 radical (unpaired) electrons. The zero-order chi connectivity index (χ0) is 32.5. The van der Waals surface area contributed by atoms with Gasteiger partial charge in [-0.3, -0.25) is 0 Å². The molecule has 44 heavy (non-hydrogen) atoms. The summed E-state index contributed by atoms with van der Waals surface area (Å²) in [5, 5.41) is 0. The molecule has 0 unspecified atom stereocenters. The zero-order valence-electron chi connectivity index (χ0n) is 23.2. The molecule has 2 N–H and O–H groups in total. The molecule has 0 aliphatic carbocycles. The first-order valence-corrected chi connectivity index (χ1v) is 15.9. The maximum Gasteiger partial charge on any atom is 0.416 e. The zero-order valence-corrected chi connectivity index (χ0v) is 24.8. The van der Waals surface area contributed by atoms with E-state index >= 15 is 0 Å². The second-order valence-corrected chi connectivity index (χ2v) is 13.5. The highest BCUT2D eigenvalue weighted by atomic mass is 32.2. The van der Waals surface area contributed by atoms with Gasteiger partial charge in [0.15, 0.2) is 0 Å². The van der Waals surface area contributed by atoms with Gasteiger partial charge >= 0.3 is 12.4 Å². The van der Waals surface area contributed by atoms with E-state index in [1.165, 1.54) is 0 Å². The number of nitrogens with one attached hydrogen (secondary N) is 2. The smallest absolute Gasteiger partial charge is 0.207 e. The van der Waals surface area contributed by atoms with Gasteiger partial charge in [0.05, 0.1) is 20.9 Å². The second-order valence-electron chi connectivity index (χ2n) is 9.92. The predicted molar refractivity (Wildman–Crippen MR) is 152 cm³/mol. The minimum atomic E-state index is -4.74. The van der Waals surface area contributed by atoms with E-state index in [1.807, 2.05) is 0 Å². The van der Waals surface area contributed by atoms with E-state index in [2.05, 4.69) is 9.44 Å². The Hall–Kier alpha value is -3.72. The van der Waals surface area contributed by atoms with Crippen LogP contribution in [0, 0.1) is 13.8 Å². The van der Waals surface area contributed by atoms with E-state index in [0.29, 0.717) is 45.5 Å². The fourth-order valence-electron chi connectivity index (χ4n) is 4.66. The molecule has 234 valence electrons. The summed E-state index contributed by atoms with van der Waals surface area (Å²) < 4.78 is 135. The summed E-state index contributed by atoms with van der Waals surface area (Å²) in [4.78, 5) is -1.13. The van der Waals surface area contributed by atoms with Gasteiger partial charge in [-0.15, -0.1) is 0 Å². The van der Waals surface area contributed by atoms with E-state index in [0.717, 1.165) is 36.4 Å². The monoisotopic (exact) mass is 656 g/mol. The van der Waals surface area contributed by atoms with Gasteiger partial charge in [-0.1, -0.05) is 48.5 Å². The predicted octanol–water partition coefficient (Wildman–Crippen LogP) is 6.97. The average Bonchev–Trinajstić information content (AvgIpc) is 2.95. The summed E-state index contributed by atoms with van der Waals surface area (Å²) in [5.74, 6) is 0. The molecule has 4 aromatic carbocycles. The number of rotatable bonds is 9. The average molecular weight is 657 g/mol. The SMILES string of the molecule is Cc1cccc(CNS(=O)(=O)c2cccc(C(F)(F)F)c2)c1-c1c(C)cccc1CNS(=O)(=O)c1cccc(C(F)(F)F)c1. The molecular weight excluding hydrogens is 630 g/mol. The maximum absolute atomic E-state index is 13.2. The van der Waals surface area contributed by atoms with Crippen LogP contribution < -0.4 is 9.44 Å². The Morgan fingerprint density at radius 1 is 0.545 bits per heavy atom. The van der Waals surface area contributed by atoms with Crippen molar-refractivity contribution in [3.05, 3.63) is 118 Å². The van der Waals surface area contributed by atoms with Crippen molar-refractivity contribution in [2.45, 2.75) is 49.1 Å². The molecule has 6 nitrogen and oxygen atoms in total. The number of sulfonamides is 2. The summed E-state index contributed by atoms with van der Waals surface area (Å²) in [6.45, 7) is 2.89. The van der Waals surface area contributed by atoms with Crippen LogP contribution in [0.15, 0.2) is 94.7 Å². The van der Waals surface area contributed by atoms with Gasteiger partial charge in [-0.25, -0.2) is 26.3 Å². The van der Waals surface area contributed by atoms with Crippen LogP contribution in [0.3, 0.4) is 0 Å². The van der Waals surface area contributed by atoms with Crippen molar-refractivity contribution in [3.63, 3.8) is 0 Å². The van der Waals surface area contributed by atoms with Crippen molar-refractivity contribution in [2.75, 3.05) is 0 Å². The standard InChI is InChI=1S/C30H26F6N2O4S2/c1-19-7-3-9-21(17-37-43(39,40)25-13-5-11-23(15-25)29(31,32)33)27(19)28-20(2)8-4-10-22(28)18-38-44(41,42)26-14-6-12-24(16-26)30(34,35)36/h3-16,37-38H,17-18H2,1-2H3. The molecule has 0 fully saturated rings. The van der Waals surface area contributed by atoms with Crippen LogP contribution in [0.4, 0.5) is 26.3 Å². The molecule has 0 aliphatic rings. The van der Waals surface area contributed by atoms with Crippen molar-refractivity contribution >= 4 is 20.0 Å². The molecule has 0 spiro atoms. The summed E-state index contributed by atoms with van der Waals surface area (Å²) in [7, 11) is -8.74. The Balaban J connectivity index is 1.66. The minimum absolute atomic E-state index is 0.306. The van der Waals surface area contributed by atoms with Gasteiger partial charge < -0.3 is 0 Å². The highest BCUT2D eigenvalue weighted by Crippen LogP contribution is 2.35. The fourth-order valence-corrected chi connectivity index (χ4v) is 6.76. The fraction of sp³-hybridized carbons (Fsp3) is 0.200. The lowest BCUT2D eigenvalue weighted by atomic mass is 9.88. The highest BCUT2D eigenvalue weighted by molar-refractivity contribution is 7.89. The highest BCUT2D eigenvalue weighted by Gasteiger charge is 2.33. The Bertz CT molecular complexity index is 1770. The van der Waals surface area contributed by atoms with Gasteiger partial charge in [0.2, 0.25) is 20.0 Å². The third kappa shape index (κ3) is 7.49. The molecule has 0 aromatic heterocycles. The molecule has 0 heterocycles. The number of hydrogen-bond donors (Lipinski definition) is 2. The van der Waals surface area contributed by atoms with Gasteiger partial charge in [0.25, 0.3) is 0 Å². The van der Waals surface area contributed by atoms with Gasteiger partial charge in [0, 0.05) is 13.1 Å². The summed E-state index contributed by atoms with van der Waals surface area (Å²) in [5.41, 5.74) is 1.18. The van der Waals surface area contributed by atoms with Crippen LogP contribution in [-0.4, -0.2) is 16.8 Å². The number of hydrogen-bond acceptors (Lipinski definition) is 4. The van der Waals surface area contributed by atoms with Crippen molar-refractivity contribution in [1.82, 2.24) is 9.44 Å². The quantitative estimate of drug-likeness (QED) is 0.191. The van der Waals surface area contributed by atoms with Crippen molar-refractivity contribution in [1.29, 1.82) is 0 Å². The van der Waals surface area contributed by atoms with Gasteiger partial charge in [-0.2, -0.15) is 26.3 Å². The van der Waals surface area contributed by atoms with Crippen LogP contribution in [0.5, 0.6) is 0 Å². The first-order chi connectivity index (χ1) is 20.4. The first kappa shape index (κ1) is 33.2. The van der Waals surface area contributed by atoms with Crippen LogP contribution in [0.2, 0.25) is 0 Å². The molecule has 0 atom stereocenters. The third-order valence-electron chi connectivity index (χ3n) is 6.82. The Morgan fingerprint density at radius 2 is 0.886 bits per heavy atom. The van der Waals surface area contributed by atoms with E-state index in [1.54, 1.807) is 50.2 Å². The molecule has 0 bridgehead atoms. The topological polar surface area (TPSA) is 92.3 Å². The number of alkyl halides is 6. The van der Waals surface area contributed by atoms with E-state index in [9.17, 15) is 43.2 Å². The van der Waals surface area contributed by atoms with Crippen LogP contribution in [0.25, 0.3) is 11.1 Å². The van der Waals surface area contributed by atoms with Crippen molar-refractivity contribution in [3.8, 4) is 11.1 Å². The third-order valence-corrected chi connectivity index (χ3v) is 9.61. The summed E-state index contributed by atoms with van der Waals surface area (Å²) >= 11 is 0. The normalized spacial score (nSPS) is 12.8. The first-order valence-electron chi connectivity index (χ1n) is 12.9. The largest absolute Gasteiger partial charge is 0.416 e. The number of benzene rings is 4. The Labute approximate surface area is 250 Å². The molecule has 0 aliphatic heterocycles. The van der Waals surface area contributed by atoms with Crippen LogP contribution in [-0.2, 0) is 45.5 Å². The molecule has 4 rings (SSSR count). The van der Waals surface area contributed by atoms with Crippen LogP contribution in [0.1, 0.15) is 33.4 Å². The Morgan fingerprint density at radius 3 is 1.23 bits per heavy atom. The number of aryl methyl sites for hydroxylation is 2. The van der Waals surface area contributed by atoms with E-state index in [-0.39, 0.29) is 13.1 Å². The van der Waals surface area contributed by atoms with Crippen LogP contribution >= 0.6 is 0 Å². The van der Waals surface area contributed by atoms with Gasteiger partial charge in [0.1, 0.15) is 0 Å². The van der Waals surface area contributed by atoms with Crippen molar-refractivity contribution < 1.29 is 43.2 Å². The van der Waals surface area contributed by atoms with E-state index in [4.69, 9.17) is 0 Å². The molecule has 0 amide bonds. The van der Waals surface area contributed by atoms with Gasteiger partial charge in [-0.05, 0) is 83.6 Å². The summed E-state index contributed by atoms with van der Waals surface area (Å²) in [6.07, 6.45) is -9.47. The number of halogens is 6. The lowest BCUT2D eigenvalue weighted by Gasteiger charge is -2.20. The minimum Gasteiger partial charge on any atom is -0.207 e. The molecule has 4 aromatic rings. The van der Waals surface area contributed by atoms with E-state index < -0.39 is 53.3 Å². The molecule has 0 saturated carbocycles. The summed E-state index contributed by atoms with van der Waals surface area (Å²) in [6, 6.07) is 16.8. The lowest BCUT2D eigenvalue weighted by molar-refractivity contribution is -0.138. The van der Waals surface area contributed by atoms with Crippen molar-refractivity contribution in [2.24, 2.45) is 0 Å². The maximum atomic E-state index is 13.2. The molecule has 0 saturated heterocycles. The molecule has 14 heteroatoms. The Kier molecular flexibility index (Phi) is 9.31. The molecular formula is C30H26F6N2O4S2. The lowest BCUT2D eigenvalue weighted by Crippen LogP contribution is -2.25. The second kappa shape index (κ2) is 12.3.